The number of hydrogen-bond acceptors (Lipinski definition) is 0. The average molecular weight is 643 g/mol. The van der Waals surface area contributed by atoms with Crippen molar-refractivity contribution < 1.29 is 0 Å². The Balaban J connectivity index is 0.000000163. The molecule has 3 fully saturated rings. The summed E-state index contributed by atoms with van der Waals surface area (Å²) < 4.78 is 0. The first kappa shape index (κ1) is 37.7. The molecular formula is C48H66. The van der Waals surface area contributed by atoms with Crippen LogP contribution in [0.4, 0.5) is 0 Å². The molecule has 0 aliphatic heterocycles. The fraction of sp³-hybridized carbons (Fsp3) is 0.500. The van der Waals surface area contributed by atoms with Gasteiger partial charge in [0.2, 0.25) is 0 Å². The third-order valence-electron chi connectivity index (χ3n) is 11.6. The van der Waals surface area contributed by atoms with E-state index in [1.54, 1.807) is 11.1 Å². The molecule has 3 saturated carbocycles. The fourth-order valence-corrected chi connectivity index (χ4v) is 8.26. The quantitative estimate of drug-likeness (QED) is 0.214. The molecule has 0 aromatic heterocycles. The number of benzene rings is 3. The number of aryl methyl sites for hydroxylation is 3. The summed E-state index contributed by atoms with van der Waals surface area (Å²) >= 11 is 0. The van der Waals surface area contributed by atoms with Crippen molar-refractivity contribution in [1.82, 2.24) is 0 Å². The molecule has 0 heterocycles. The van der Waals surface area contributed by atoms with Gasteiger partial charge in [-0.25, -0.2) is 0 Å². The molecule has 3 aliphatic rings. The van der Waals surface area contributed by atoms with Crippen molar-refractivity contribution in [3.63, 3.8) is 0 Å². The van der Waals surface area contributed by atoms with E-state index in [9.17, 15) is 0 Å². The first-order valence-corrected chi connectivity index (χ1v) is 19.4. The molecule has 3 aromatic rings. The normalized spacial score (nSPS) is 25.6. The van der Waals surface area contributed by atoms with Gasteiger partial charge in [0, 0.05) is 0 Å². The van der Waals surface area contributed by atoms with E-state index in [4.69, 9.17) is 0 Å². The highest BCUT2D eigenvalue weighted by Crippen LogP contribution is 2.39. The molecule has 3 aliphatic carbocycles. The maximum Gasteiger partial charge on any atom is -0.0162 e. The van der Waals surface area contributed by atoms with Gasteiger partial charge in [-0.1, -0.05) is 114 Å². The summed E-state index contributed by atoms with van der Waals surface area (Å²) in [5.41, 5.74) is 8.73. The van der Waals surface area contributed by atoms with Crippen molar-refractivity contribution >= 4 is 0 Å². The topological polar surface area (TPSA) is 0 Å². The molecule has 0 heteroatoms. The summed E-state index contributed by atoms with van der Waals surface area (Å²) in [5.74, 6) is 4.98. The number of hydrogen-bond donors (Lipinski definition) is 0. The maximum absolute atomic E-state index is 3.89. The molecule has 0 nitrogen and oxygen atoms in total. The number of allylic oxidation sites excluding steroid dienone is 4. The minimum absolute atomic E-state index is 0.770. The van der Waals surface area contributed by atoms with Crippen LogP contribution in [0.2, 0.25) is 0 Å². The summed E-state index contributed by atoms with van der Waals surface area (Å²) in [6.45, 7) is 16.3. The Labute approximate surface area is 295 Å². The van der Waals surface area contributed by atoms with Gasteiger partial charge in [0.05, 0.1) is 0 Å². The molecule has 0 spiro atoms. The van der Waals surface area contributed by atoms with Crippen LogP contribution in [0.5, 0.6) is 0 Å². The van der Waals surface area contributed by atoms with E-state index in [1.165, 1.54) is 112 Å². The van der Waals surface area contributed by atoms with Gasteiger partial charge in [0.1, 0.15) is 0 Å². The lowest BCUT2D eigenvalue weighted by molar-refractivity contribution is 0.312. The van der Waals surface area contributed by atoms with Crippen LogP contribution in [0, 0.1) is 38.5 Å². The second kappa shape index (κ2) is 20.4. The molecule has 6 rings (SSSR count). The average Bonchev–Trinajstić information content (AvgIpc) is 3.13. The molecule has 0 amide bonds. The zero-order valence-corrected chi connectivity index (χ0v) is 31.0. The monoisotopic (exact) mass is 643 g/mol. The third-order valence-corrected chi connectivity index (χ3v) is 11.6. The van der Waals surface area contributed by atoms with Gasteiger partial charge in [0.15, 0.2) is 0 Å². The second-order valence-electron chi connectivity index (χ2n) is 15.3. The fourth-order valence-electron chi connectivity index (χ4n) is 8.26. The van der Waals surface area contributed by atoms with Gasteiger partial charge >= 0.3 is 0 Å². The van der Waals surface area contributed by atoms with Crippen LogP contribution in [0.1, 0.15) is 148 Å². The molecule has 0 radical (unpaired) electrons. The molecule has 0 N–H and O–H groups in total. The zero-order chi connectivity index (χ0) is 34.1. The van der Waals surface area contributed by atoms with Crippen LogP contribution in [0.15, 0.2) is 110 Å². The Kier molecular flexibility index (Phi) is 16.0. The van der Waals surface area contributed by atoms with Crippen LogP contribution < -0.4 is 0 Å². The highest BCUT2D eigenvalue weighted by Gasteiger charge is 2.23. The SMILES string of the molecule is C/C=C/C1CCC(c2ccc(C)cc2)CC1.C=CC1CCC(c2ccc(C)cc2)CC1.C=CCCC1CCC(c2ccc(C)cc2)CC1. The summed E-state index contributed by atoms with van der Waals surface area (Å²) in [6.07, 6.45) is 27.7. The third kappa shape index (κ3) is 12.4. The minimum Gasteiger partial charge on any atom is -0.103 e. The highest BCUT2D eigenvalue weighted by molar-refractivity contribution is 5.27. The maximum atomic E-state index is 3.89. The van der Waals surface area contributed by atoms with E-state index in [0.29, 0.717) is 0 Å². The highest BCUT2D eigenvalue weighted by atomic mass is 14.3. The lowest BCUT2D eigenvalue weighted by Gasteiger charge is -2.28. The Morgan fingerprint density at radius 3 is 1.19 bits per heavy atom. The first-order chi connectivity index (χ1) is 23.4. The summed E-state index contributed by atoms with van der Waals surface area (Å²) in [5, 5.41) is 0. The van der Waals surface area contributed by atoms with Crippen molar-refractivity contribution in [3.8, 4) is 0 Å². The molecule has 0 unspecified atom stereocenters. The molecule has 0 bridgehead atoms. The van der Waals surface area contributed by atoms with Crippen molar-refractivity contribution in [1.29, 1.82) is 0 Å². The van der Waals surface area contributed by atoms with E-state index < -0.39 is 0 Å². The van der Waals surface area contributed by atoms with Gasteiger partial charge in [0.25, 0.3) is 0 Å². The minimum atomic E-state index is 0.770. The van der Waals surface area contributed by atoms with Crippen molar-refractivity contribution in [3.05, 3.63) is 144 Å². The predicted molar refractivity (Wildman–Crippen MR) is 212 cm³/mol. The summed E-state index contributed by atoms with van der Waals surface area (Å²) in [4.78, 5) is 0. The summed E-state index contributed by atoms with van der Waals surface area (Å²) in [6, 6.07) is 27.3. The van der Waals surface area contributed by atoms with E-state index in [2.05, 4.69) is 138 Å². The Morgan fingerprint density at radius 1 is 0.500 bits per heavy atom. The molecule has 0 atom stereocenters. The van der Waals surface area contributed by atoms with Gasteiger partial charge in [-0.3, -0.25) is 0 Å². The zero-order valence-electron chi connectivity index (χ0n) is 31.0. The molecule has 48 heavy (non-hydrogen) atoms. The van der Waals surface area contributed by atoms with Gasteiger partial charge in [-0.15, -0.1) is 13.2 Å². The second-order valence-corrected chi connectivity index (χ2v) is 15.3. The molecule has 258 valence electrons. The van der Waals surface area contributed by atoms with Crippen LogP contribution in [0.25, 0.3) is 0 Å². The van der Waals surface area contributed by atoms with Gasteiger partial charge < -0.3 is 0 Å². The molecule has 3 aromatic carbocycles. The Hall–Kier alpha value is -3.12. The summed E-state index contributed by atoms with van der Waals surface area (Å²) in [7, 11) is 0. The van der Waals surface area contributed by atoms with E-state index in [-0.39, 0.29) is 0 Å². The van der Waals surface area contributed by atoms with Gasteiger partial charge in [-0.05, 0) is 170 Å². The lowest BCUT2D eigenvalue weighted by atomic mass is 9.77. The Morgan fingerprint density at radius 2 is 0.854 bits per heavy atom. The standard InChI is InChI=1S/C17H24.C16H22.C15H20/c1-3-4-5-15-8-12-17(13-9-15)16-10-6-14(2)7-11-16;1-3-4-14-7-11-16(12-8-14)15-9-5-13(2)6-10-15;1-3-13-6-10-15(11-7-13)14-8-4-12(2)5-9-14/h3,6-7,10-11,15,17H,1,4-5,8-9,12-13H2,2H3;3-6,9-10,14,16H,7-8,11-12H2,1-2H3;3-5,8-9,13,15H,1,6-7,10-11H2,2H3/b;4-3+;. The first-order valence-electron chi connectivity index (χ1n) is 19.4. The van der Waals surface area contributed by atoms with E-state index >= 15 is 0 Å². The molecular weight excluding hydrogens is 577 g/mol. The van der Waals surface area contributed by atoms with Crippen LogP contribution in [-0.4, -0.2) is 0 Å². The smallest absolute Gasteiger partial charge is 0.0162 e. The van der Waals surface area contributed by atoms with Crippen molar-refractivity contribution in [2.24, 2.45) is 17.8 Å². The van der Waals surface area contributed by atoms with Crippen LogP contribution >= 0.6 is 0 Å². The lowest BCUT2D eigenvalue weighted by Crippen LogP contribution is -2.13. The van der Waals surface area contributed by atoms with Crippen molar-refractivity contribution in [2.75, 3.05) is 0 Å². The van der Waals surface area contributed by atoms with Crippen LogP contribution in [0.3, 0.4) is 0 Å². The number of rotatable bonds is 8. The van der Waals surface area contributed by atoms with E-state index in [1.807, 2.05) is 0 Å². The van der Waals surface area contributed by atoms with Gasteiger partial charge in [-0.2, -0.15) is 0 Å². The molecule has 0 saturated heterocycles. The van der Waals surface area contributed by atoms with E-state index in [0.717, 1.165) is 35.5 Å². The predicted octanol–water partition coefficient (Wildman–Crippen LogP) is 14.5. The Bertz CT molecular complexity index is 1330. The largest absolute Gasteiger partial charge is 0.103 e. The van der Waals surface area contributed by atoms with Crippen molar-refractivity contribution in [2.45, 2.75) is 135 Å². The van der Waals surface area contributed by atoms with Crippen LogP contribution in [-0.2, 0) is 0 Å².